The Balaban J connectivity index is 1.51. The highest BCUT2D eigenvalue weighted by molar-refractivity contribution is 7.92. The first-order valence-electron chi connectivity index (χ1n) is 10.8. The first-order valence-corrected chi connectivity index (χ1v) is 12.3. The third-order valence-electron chi connectivity index (χ3n) is 5.85. The Morgan fingerprint density at radius 3 is 2.47 bits per heavy atom. The quantitative estimate of drug-likeness (QED) is 0.556. The number of benzene rings is 2. The molecule has 170 valence electrons. The molecule has 0 amide bonds. The Hall–Kier alpha value is -2.84. The summed E-state index contributed by atoms with van der Waals surface area (Å²) in [5, 5.41) is 3.87. The molecule has 0 bridgehead atoms. The molecule has 0 atom stereocenters. The lowest BCUT2D eigenvalue weighted by Gasteiger charge is -2.30. The summed E-state index contributed by atoms with van der Waals surface area (Å²) in [7, 11) is -2.43. The van der Waals surface area contributed by atoms with E-state index in [9.17, 15) is 8.42 Å². The molecule has 1 fully saturated rings. The number of ether oxygens (including phenoxy) is 1. The first kappa shape index (κ1) is 22.4. The summed E-state index contributed by atoms with van der Waals surface area (Å²) in [6.45, 7) is 7.21. The molecular weight excluding hydrogens is 426 g/mol. The van der Waals surface area contributed by atoms with Crippen LogP contribution >= 0.6 is 0 Å². The number of nitrogens with zero attached hydrogens (tertiary/aromatic N) is 2. The van der Waals surface area contributed by atoms with Gasteiger partial charge in [0.2, 0.25) is 0 Å². The monoisotopic (exact) mass is 455 g/mol. The Kier molecular flexibility index (Phi) is 6.53. The summed E-state index contributed by atoms with van der Waals surface area (Å²) < 4.78 is 39.6. The molecule has 0 radical (unpaired) electrons. The summed E-state index contributed by atoms with van der Waals surface area (Å²) in [5.74, 6) is 1.55. The van der Waals surface area contributed by atoms with Crippen LogP contribution in [0, 0.1) is 12.8 Å². The Labute approximate surface area is 189 Å². The van der Waals surface area contributed by atoms with Gasteiger partial charge in [-0.15, -0.1) is 0 Å². The van der Waals surface area contributed by atoms with Crippen molar-refractivity contribution in [3.63, 3.8) is 0 Å². The lowest BCUT2D eigenvalue weighted by molar-refractivity contribution is 0.185. The van der Waals surface area contributed by atoms with Gasteiger partial charge in [0, 0.05) is 23.9 Å². The van der Waals surface area contributed by atoms with E-state index in [2.05, 4.69) is 21.7 Å². The van der Waals surface area contributed by atoms with Crippen LogP contribution in [-0.4, -0.2) is 38.7 Å². The molecule has 1 aliphatic heterocycles. The Morgan fingerprint density at radius 1 is 1.12 bits per heavy atom. The molecular formula is C24H29N3O4S. The predicted molar refractivity (Wildman–Crippen MR) is 124 cm³/mol. The van der Waals surface area contributed by atoms with Gasteiger partial charge in [-0.25, -0.2) is 8.42 Å². The largest absolute Gasteiger partial charge is 0.495 e. The summed E-state index contributed by atoms with van der Waals surface area (Å²) in [5.41, 5.74) is 3.00. The van der Waals surface area contributed by atoms with E-state index in [4.69, 9.17) is 9.26 Å². The molecule has 1 aromatic heterocycles. The summed E-state index contributed by atoms with van der Waals surface area (Å²) in [4.78, 5) is 2.49. The maximum atomic E-state index is 13.2. The molecule has 1 N–H and O–H groups in total. The van der Waals surface area contributed by atoms with Crippen LogP contribution in [0.3, 0.4) is 0 Å². The lowest BCUT2D eigenvalue weighted by Crippen LogP contribution is -2.32. The second-order valence-corrected chi connectivity index (χ2v) is 10.1. The molecule has 1 aliphatic rings. The molecule has 0 spiro atoms. The molecule has 0 unspecified atom stereocenters. The maximum absolute atomic E-state index is 13.2. The van der Waals surface area contributed by atoms with E-state index in [1.54, 1.807) is 30.3 Å². The third kappa shape index (κ3) is 5.14. The lowest BCUT2D eigenvalue weighted by atomic mass is 9.99. The Bertz CT molecular complexity index is 1160. The zero-order chi connectivity index (χ0) is 22.7. The molecule has 3 aromatic rings. The third-order valence-corrected chi connectivity index (χ3v) is 7.26. The minimum absolute atomic E-state index is 0.0399. The van der Waals surface area contributed by atoms with Gasteiger partial charge in [0.15, 0.2) is 5.76 Å². The van der Waals surface area contributed by atoms with Gasteiger partial charge < -0.3 is 9.26 Å². The molecule has 0 aliphatic carbocycles. The number of piperidine rings is 1. The summed E-state index contributed by atoms with van der Waals surface area (Å²) in [6, 6.07) is 14.2. The topological polar surface area (TPSA) is 84.7 Å². The highest BCUT2D eigenvalue weighted by Gasteiger charge is 2.22. The minimum atomic E-state index is -3.87. The second kappa shape index (κ2) is 9.34. The van der Waals surface area contributed by atoms with E-state index in [-0.39, 0.29) is 10.6 Å². The maximum Gasteiger partial charge on any atom is 0.265 e. The van der Waals surface area contributed by atoms with Crippen LogP contribution in [0.2, 0.25) is 0 Å². The van der Waals surface area contributed by atoms with E-state index < -0.39 is 10.0 Å². The number of aromatic nitrogens is 1. The van der Waals surface area contributed by atoms with Crippen molar-refractivity contribution in [3.05, 3.63) is 59.8 Å². The van der Waals surface area contributed by atoms with Crippen molar-refractivity contribution in [2.45, 2.75) is 38.1 Å². The molecule has 1 saturated heterocycles. The minimum Gasteiger partial charge on any atom is -0.495 e. The van der Waals surface area contributed by atoms with Crippen LogP contribution in [0.4, 0.5) is 5.69 Å². The zero-order valence-electron chi connectivity index (χ0n) is 18.7. The number of methoxy groups -OCH3 is 1. The van der Waals surface area contributed by atoms with Gasteiger partial charge in [-0.3, -0.25) is 9.62 Å². The fourth-order valence-electron chi connectivity index (χ4n) is 3.91. The normalized spacial score (nSPS) is 15.6. The van der Waals surface area contributed by atoms with Crippen molar-refractivity contribution >= 4 is 15.7 Å². The summed E-state index contributed by atoms with van der Waals surface area (Å²) >= 11 is 0. The van der Waals surface area contributed by atoms with Crippen LogP contribution in [0.1, 0.15) is 31.0 Å². The van der Waals surface area contributed by atoms with Crippen LogP contribution in [0.5, 0.6) is 5.75 Å². The smallest absolute Gasteiger partial charge is 0.265 e. The van der Waals surface area contributed by atoms with Crippen molar-refractivity contribution < 1.29 is 17.7 Å². The standard InChI is InChI=1S/C24H29N3O4S/c1-17-10-12-27(13-11-17)16-19-4-7-21(8-5-19)26-32(28,29)24-15-20(6-9-22(24)30-3)23-14-18(2)25-31-23/h4-9,14-15,17,26H,10-13,16H2,1-3H3. The molecule has 0 saturated carbocycles. The number of nitrogens with one attached hydrogen (secondary N) is 1. The van der Waals surface area contributed by atoms with Crippen LogP contribution in [-0.2, 0) is 16.6 Å². The predicted octanol–water partition coefficient (Wildman–Crippen LogP) is 4.69. The van der Waals surface area contributed by atoms with Gasteiger partial charge in [-0.05, 0) is 74.7 Å². The highest BCUT2D eigenvalue weighted by Crippen LogP contribution is 2.31. The molecule has 2 heterocycles. The fourth-order valence-corrected chi connectivity index (χ4v) is 5.16. The molecule has 2 aromatic carbocycles. The van der Waals surface area contributed by atoms with Gasteiger partial charge >= 0.3 is 0 Å². The van der Waals surface area contributed by atoms with E-state index in [0.29, 0.717) is 17.0 Å². The van der Waals surface area contributed by atoms with Crippen molar-refractivity contribution in [1.29, 1.82) is 0 Å². The summed E-state index contributed by atoms with van der Waals surface area (Å²) in [6.07, 6.45) is 2.46. The van der Waals surface area contributed by atoms with Crippen LogP contribution < -0.4 is 9.46 Å². The van der Waals surface area contributed by atoms with E-state index in [1.165, 1.54) is 31.6 Å². The average Bonchev–Trinajstić information content (AvgIpc) is 3.22. The number of rotatable bonds is 7. The van der Waals surface area contributed by atoms with Crippen LogP contribution in [0.25, 0.3) is 11.3 Å². The zero-order valence-corrected chi connectivity index (χ0v) is 19.5. The van der Waals surface area contributed by atoms with E-state index in [1.807, 2.05) is 19.1 Å². The number of sulfonamides is 1. The van der Waals surface area contributed by atoms with Gasteiger partial charge in [0.05, 0.1) is 12.8 Å². The van der Waals surface area contributed by atoms with Crippen molar-refractivity contribution in [1.82, 2.24) is 10.1 Å². The number of aryl methyl sites for hydroxylation is 1. The number of hydrogen-bond acceptors (Lipinski definition) is 6. The molecule has 32 heavy (non-hydrogen) atoms. The highest BCUT2D eigenvalue weighted by atomic mass is 32.2. The van der Waals surface area contributed by atoms with Gasteiger partial charge in [-0.1, -0.05) is 24.2 Å². The second-order valence-electron chi connectivity index (χ2n) is 8.46. The van der Waals surface area contributed by atoms with Gasteiger partial charge in [0.1, 0.15) is 10.6 Å². The van der Waals surface area contributed by atoms with E-state index in [0.717, 1.165) is 31.2 Å². The van der Waals surface area contributed by atoms with E-state index >= 15 is 0 Å². The first-order chi connectivity index (χ1) is 15.3. The van der Waals surface area contributed by atoms with Crippen molar-refractivity contribution in [2.24, 2.45) is 5.92 Å². The molecule has 4 rings (SSSR count). The molecule has 7 nitrogen and oxygen atoms in total. The SMILES string of the molecule is COc1ccc(-c2cc(C)no2)cc1S(=O)(=O)Nc1ccc(CN2CCC(C)CC2)cc1. The van der Waals surface area contributed by atoms with Gasteiger partial charge in [-0.2, -0.15) is 0 Å². The number of anilines is 1. The number of hydrogen-bond donors (Lipinski definition) is 1. The van der Waals surface area contributed by atoms with Crippen LogP contribution in [0.15, 0.2) is 57.9 Å². The van der Waals surface area contributed by atoms with Crippen molar-refractivity contribution in [2.75, 3.05) is 24.9 Å². The van der Waals surface area contributed by atoms with Crippen molar-refractivity contribution in [3.8, 4) is 17.1 Å². The average molecular weight is 456 g/mol. The fraction of sp³-hybridized carbons (Fsp3) is 0.375. The Morgan fingerprint density at radius 2 is 1.84 bits per heavy atom. The molecule has 8 heteroatoms. The van der Waals surface area contributed by atoms with Gasteiger partial charge in [0.25, 0.3) is 10.0 Å². The number of likely N-dealkylation sites (tertiary alicyclic amines) is 1.